The molecular formula is C14H17FN2O2. The van der Waals surface area contributed by atoms with E-state index in [-0.39, 0.29) is 23.5 Å². The number of carbonyl (C=O) groups excluding carboxylic acids is 2. The number of likely N-dealkylation sites (tertiary alicyclic amines) is 1. The van der Waals surface area contributed by atoms with Gasteiger partial charge in [0.05, 0.1) is 5.92 Å². The summed E-state index contributed by atoms with van der Waals surface area (Å²) in [7, 11) is 1.60. The van der Waals surface area contributed by atoms with Gasteiger partial charge in [-0.25, -0.2) is 4.39 Å². The van der Waals surface area contributed by atoms with E-state index >= 15 is 0 Å². The van der Waals surface area contributed by atoms with E-state index in [0.29, 0.717) is 18.7 Å². The lowest BCUT2D eigenvalue weighted by Gasteiger charge is -2.31. The molecule has 0 saturated carbocycles. The molecule has 5 heteroatoms. The fourth-order valence-corrected chi connectivity index (χ4v) is 2.35. The van der Waals surface area contributed by atoms with Crippen LogP contribution in [-0.2, 0) is 4.79 Å². The van der Waals surface area contributed by atoms with Crippen LogP contribution in [0.2, 0.25) is 0 Å². The van der Waals surface area contributed by atoms with Crippen LogP contribution in [0.15, 0.2) is 24.3 Å². The Labute approximate surface area is 111 Å². The summed E-state index contributed by atoms with van der Waals surface area (Å²) in [4.78, 5) is 25.5. The Kier molecular flexibility index (Phi) is 4.14. The number of carbonyl (C=O) groups is 2. The number of piperidine rings is 1. The van der Waals surface area contributed by atoms with Crippen molar-refractivity contribution in [3.05, 3.63) is 35.6 Å². The summed E-state index contributed by atoms with van der Waals surface area (Å²) in [6.07, 6.45) is 1.61. The summed E-state index contributed by atoms with van der Waals surface area (Å²) >= 11 is 0. The van der Waals surface area contributed by atoms with Crippen molar-refractivity contribution >= 4 is 11.8 Å². The molecule has 0 spiro atoms. The lowest BCUT2D eigenvalue weighted by atomic mass is 9.96. The number of nitrogens with one attached hydrogen (secondary N) is 1. The van der Waals surface area contributed by atoms with Gasteiger partial charge in [-0.3, -0.25) is 9.59 Å². The highest BCUT2D eigenvalue weighted by molar-refractivity contribution is 5.94. The molecule has 1 atom stereocenters. The molecule has 1 N–H and O–H groups in total. The van der Waals surface area contributed by atoms with Gasteiger partial charge in [0.1, 0.15) is 5.82 Å². The van der Waals surface area contributed by atoms with Gasteiger partial charge in [0.2, 0.25) is 5.91 Å². The van der Waals surface area contributed by atoms with Gasteiger partial charge in [0, 0.05) is 25.7 Å². The molecule has 0 radical (unpaired) electrons. The number of rotatable bonds is 2. The number of nitrogens with zero attached hydrogens (tertiary/aromatic N) is 1. The summed E-state index contributed by atoms with van der Waals surface area (Å²) < 4.78 is 12.8. The first-order valence-electron chi connectivity index (χ1n) is 6.38. The molecule has 2 rings (SSSR count). The van der Waals surface area contributed by atoms with Gasteiger partial charge >= 0.3 is 0 Å². The lowest BCUT2D eigenvalue weighted by molar-refractivity contribution is -0.125. The molecular weight excluding hydrogens is 247 g/mol. The minimum Gasteiger partial charge on any atom is -0.359 e. The highest BCUT2D eigenvalue weighted by Gasteiger charge is 2.28. The van der Waals surface area contributed by atoms with Crippen molar-refractivity contribution in [1.29, 1.82) is 0 Å². The van der Waals surface area contributed by atoms with E-state index < -0.39 is 0 Å². The molecule has 102 valence electrons. The topological polar surface area (TPSA) is 49.4 Å². The van der Waals surface area contributed by atoms with Crippen molar-refractivity contribution in [2.45, 2.75) is 12.8 Å². The Morgan fingerprint density at radius 3 is 2.63 bits per heavy atom. The zero-order chi connectivity index (χ0) is 13.8. The predicted octanol–water partition coefficient (Wildman–Crippen LogP) is 1.42. The van der Waals surface area contributed by atoms with Crippen LogP contribution < -0.4 is 5.32 Å². The maximum Gasteiger partial charge on any atom is 0.253 e. The number of halogens is 1. The molecule has 1 heterocycles. The molecule has 1 unspecified atom stereocenters. The van der Waals surface area contributed by atoms with Crippen LogP contribution in [0.1, 0.15) is 23.2 Å². The van der Waals surface area contributed by atoms with E-state index in [1.54, 1.807) is 11.9 Å². The van der Waals surface area contributed by atoms with Crippen LogP contribution in [0.3, 0.4) is 0 Å². The largest absolute Gasteiger partial charge is 0.359 e. The first kappa shape index (κ1) is 13.5. The van der Waals surface area contributed by atoms with Crippen LogP contribution in [0.5, 0.6) is 0 Å². The summed E-state index contributed by atoms with van der Waals surface area (Å²) in [6, 6.07) is 5.49. The average Bonchev–Trinajstić information content (AvgIpc) is 2.46. The number of amides is 2. The van der Waals surface area contributed by atoms with Crippen LogP contribution in [0.4, 0.5) is 4.39 Å². The normalized spacial score (nSPS) is 19.1. The second-order valence-corrected chi connectivity index (χ2v) is 4.71. The van der Waals surface area contributed by atoms with Crippen molar-refractivity contribution < 1.29 is 14.0 Å². The second-order valence-electron chi connectivity index (χ2n) is 4.71. The molecule has 1 aromatic rings. The number of benzene rings is 1. The third-order valence-corrected chi connectivity index (χ3v) is 3.42. The van der Waals surface area contributed by atoms with E-state index in [4.69, 9.17) is 0 Å². The minimum absolute atomic E-state index is 0.0309. The van der Waals surface area contributed by atoms with Crippen LogP contribution in [-0.4, -0.2) is 36.9 Å². The molecule has 0 aromatic heterocycles. The van der Waals surface area contributed by atoms with Crippen molar-refractivity contribution in [3.8, 4) is 0 Å². The zero-order valence-corrected chi connectivity index (χ0v) is 10.9. The van der Waals surface area contributed by atoms with E-state index in [1.807, 2.05) is 0 Å². The molecule has 0 bridgehead atoms. The Balaban J connectivity index is 2.06. The third kappa shape index (κ3) is 3.10. The van der Waals surface area contributed by atoms with Crippen molar-refractivity contribution in [1.82, 2.24) is 10.2 Å². The second kappa shape index (κ2) is 5.82. The summed E-state index contributed by atoms with van der Waals surface area (Å²) in [5, 5.41) is 2.61. The molecule has 0 aliphatic carbocycles. The van der Waals surface area contributed by atoms with Crippen LogP contribution in [0.25, 0.3) is 0 Å². The van der Waals surface area contributed by atoms with E-state index in [9.17, 15) is 14.0 Å². The Hall–Kier alpha value is -1.91. The Bertz CT molecular complexity index is 473. The van der Waals surface area contributed by atoms with Gasteiger partial charge in [0.25, 0.3) is 5.91 Å². The summed E-state index contributed by atoms with van der Waals surface area (Å²) in [5.74, 6) is -0.688. The Morgan fingerprint density at radius 2 is 2.00 bits per heavy atom. The van der Waals surface area contributed by atoms with Gasteiger partial charge < -0.3 is 10.2 Å². The summed E-state index contributed by atoms with van der Waals surface area (Å²) in [6.45, 7) is 1.07. The van der Waals surface area contributed by atoms with E-state index in [0.717, 1.165) is 12.8 Å². The molecule has 4 nitrogen and oxygen atoms in total. The van der Waals surface area contributed by atoms with E-state index in [1.165, 1.54) is 24.3 Å². The maximum absolute atomic E-state index is 12.8. The highest BCUT2D eigenvalue weighted by atomic mass is 19.1. The first-order chi connectivity index (χ1) is 9.11. The molecule has 1 saturated heterocycles. The zero-order valence-electron chi connectivity index (χ0n) is 10.9. The van der Waals surface area contributed by atoms with Crippen molar-refractivity contribution in [2.24, 2.45) is 5.92 Å². The van der Waals surface area contributed by atoms with Gasteiger partial charge in [-0.15, -0.1) is 0 Å². The SMILES string of the molecule is CNC(=O)C1CCCN(C(=O)c2ccc(F)cc2)C1. The van der Waals surface area contributed by atoms with Gasteiger partial charge in [-0.2, -0.15) is 0 Å². The fourth-order valence-electron chi connectivity index (χ4n) is 2.35. The fraction of sp³-hybridized carbons (Fsp3) is 0.429. The van der Waals surface area contributed by atoms with Crippen molar-refractivity contribution in [3.63, 3.8) is 0 Å². The van der Waals surface area contributed by atoms with E-state index in [2.05, 4.69) is 5.32 Å². The van der Waals surface area contributed by atoms with Gasteiger partial charge in [0.15, 0.2) is 0 Å². The minimum atomic E-state index is -0.363. The monoisotopic (exact) mass is 264 g/mol. The lowest BCUT2D eigenvalue weighted by Crippen LogP contribution is -2.44. The standard InChI is InChI=1S/C14H17FN2O2/c1-16-13(18)11-3-2-8-17(9-11)14(19)10-4-6-12(15)7-5-10/h4-7,11H,2-3,8-9H2,1H3,(H,16,18). The molecule has 2 amide bonds. The molecule has 19 heavy (non-hydrogen) atoms. The smallest absolute Gasteiger partial charge is 0.253 e. The maximum atomic E-state index is 12.8. The first-order valence-corrected chi connectivity index (χ1v) is 6.38. The third-order valence-electron chi connectivity index (χ3n) is 3.42. The van der Waals surface area contributed by atoms with Crippen LogP contribution >= 0.6 is 0 Å². The molecule has 1 fully saturated rings. The quantitative estimate of drug-likeness (QED) is 0.878. The van der Waals surface area contributed by atoms with Gasteiger partial charge in [-0.1, -0.05) is 0 Å². The number of hydrogen-bond acceptors (Lipinski definition) is 2. The van der Waals surface area contributed by atoms with Crippen LogP contribution in [0, 0.1) is 11.7 Å². The molecule has 1 aliphatic rings. The summed E-state index contributed by atoms with van der Waals surface area (Å²) in [5.41, 5.74) is 0.457. The number of hydrogen-bond donors (Lipinski definition) is 1. The molecule has 1 aliphatic heterocycles. The molecule has 1 aromatic carbocycles. The predicted molar refractivity (Wildman–Crippen MR) is 69.1 cm³/mol. The average molecular weight is 264 g/mol. The Morgan fingerprint density at radius 1 is 1.32 bits per heavy atom. The highest BCUT2D eigenvalue weighted by Crippen LogP contribution is 2.19. The van der Waals surface area contributed by atoms with Crippen molar-refractivity contribution in [2.75, 3.05) is 20.1 Å². The van der Waals surface area contributed by atoms with Gasteiger partial charge in [-0.05, 0) is 37.1 Å².